The SMILES string of the molecule is Cc1c2cc(C(C)C)c(=S)nc-2[nH]c(F)c1F. The molecule has 0 saturated carbocycles. The van der Waals surface area contributed by atoms with Crippen molar-refractivity contribution in [1.29, 1.82) is 0 Å². The normalized spacial score (nSPS) is 11.4. The number of rotatable bonds is 1. The average molecular weight is 254 g/mol. The zero-order valence-electron chi connectivity index (χ0n) is 9.77. The number of nitrogens with zero attached hydrogens (tertiary/aromatic N) is 1. The van der Waals surface area contributed by atoms with Crippen LogP contribution in [0.5, 0.6) is 0 Å². The fourth-order valence-electron chi connectivity index (χ4n) is 1.75. The van der Waals surface area contributed by atoms with Gasteiger partial charge in [0.1, 0.15) is 10.5 Å². The summed E-state index contributed by atoms with van der Waals surface area (Å²) in [6.07, 6.45) is 0. The second-order valence-electron chi connectivity index (χ2n) is 4.31. The van der Waals surface area contributed by atoms with Crippen LogP contribution in [0.25, 0.3) is 11.4 Å². The minimum Gasteiger partial charge on any atom is -0.314 e. The average Bonchev–Trinajstić information content (AvgIpc) is 2.25. The van der Waals surface area contributed by atoms with E-state index >= 15 is 0 Å². The molecule has 1 N–H and O–H groups in total. The van der Waals surface area contributed by atoms with Crippen LogP contribution in [0.3, 0.4) is 0 Å². The zero-order chi connectivity index (χ0) is 12.7. The van der Waals surface area contributed by atoms with Gasteiger partial charge in [-0.3, -0.25) is 0 Å². The third kappa shape index (κ3) is 1.95. The molecule has 2 rings (SSSR count). The lowest BCUT2D eigenvalue weighted by molar-refractivity contribution is 0.474. The van der Waals surface area contributed by atoms with Gasteiger partial charge >= 0.3 is 0 Å². The molecule has 2 nitrogen and oxygen atoms in total. The van der Waals surface area contributed by atoms with Gasteiger partial charge in [-0.15, -0.1) is 0 Å². The minimum absolute atomic E-state index is 0.201. The van der Waals surface area contributed by atoms with E-state index in [0.29, 0.717) is 10.2 Å². The Bertz CT molecular complexity index is 605. The number of H-pyrrole nitrogens is 1. The number of pyridine rings is 2. The Morgan fingerprint density at radius 3 is 2.59 bits per heavy atom. The maximum absolute atomic E-state index is 13.4. The molecule has 17 heavy (non-hydrogen) atoms. The van der Waals surface area contributed by atoms with Crippen molar-refractivity contribution in [3.8, 4) is 11.4 Å². The summed E-state index contributed by atoms with van der Waals surface area (Å²) in [5.74, 6) is -1.39. The fraction of sp³-hybridized carbons (Fsp3) is 0.333. The topological polar surface area (TPSA) is 28.7 Å². The molecule has 0 aliphatic carbocycles. The van der Waals surface area contributed by atoms with Crippen LogP contribution in [-0.4, -0.2) is 9.97 Å². The third-order valence-electron chi connectivity index (χ3n) is 2.79. The van der Waals surface area contributed by atoms with E-state index in [1.807, 2.05) is 13.8 Å². The first-order chi connectivity index (χ1) is 7.91. The molecule has 5 heteroatoms. The molecule has 0 aromatic rings. The zero-order valence-corrected chi connectivity index (χ0v) is 10.6. The van der Waals surface area contributed by atoms with Crippen molar-refractivity contribution in [2.75, 3.05) is 0 Å². The van der Waals surface area contributed by atoms with Gasteiger partial charge in [-0.05, 0) is 24.5 Å². The van der Waals surface area contributed by atoms with Gasteiger partial charge in [0.05, 0.1) is 0 Å². The van der Waals surface area contributed by atoms with Gasteiger partial charge in [0.25, 0.3) is 0 Å². The van der Waals surface area contributed by atoms with Crippen LogP contribution in [0.4, 0.5) is 8.78 Å². The monoisotopic (exact) mass is 254 g/mol. The second kappa shape index (κ2) is 4.14. The van der Waals surface area contributed by atoms with Crippen LogP contribution in [0, 0.1) is 23.3 Å². The summed E-state index contributed by atoms with van der Waals surface area (Å²) < 4.78 is 27.1. The quantitative estimate of drug-likeness (QED) is 0.616. The molecule has 0 atom stereocenters. The smallest absolute Gasteiger partial charge is 0.229 e. The van der Waals surface area contributed by atoms with Gasteiger partial charge in [-0.1, -0.05) is 26.1 Å². The van der Waals surface area contributed by atoms with Crippen LogP contribution < -0.4 is 0 Å². The Balaban J connectivity index is 2.86. The summed E-state index contributed by atoms with van der Waals surface area (Å²) in [7, 11) is 0. The lowest BCUT2D eigenvalue weighted by atomic mass is 10.00. The predicted molar refractivity (Wildman–Crippen MR) is 64.8 cm³/mol. The van der Waals surface area contributed by atoms with Crippen LogP contribution in [-0.2, 0) is 0 Å². The maximum Gasteiger partial charge on any atom is 0.229 e. The van der Waals surface area contributed by atoms with E-state index in [4.69, 9.17) is 12.2 Å². The van der Waals surface area contributed by atoms with E-state index in [-0.39, 0.29) is 17.3 Å². The van der Waals surface area contributed by atoms with E-state index in [1.165, 1.54) is 6.92 Å². The number of hydrogen-bond acceptors (Lipinski definition) is 2. The van der Waals surface area contributed by atoms with E-state index in [9.17, 15) is 8.78 Å². The highest BCUT2D eigenvalue weighted by molar-refractivity contribution is 7.71. The molecule has 90 valence electrons. The van der Waals surface area contributed by atoms with Crippen LogP contribution >= 0.6 is 12.2 Å². The van der Waals surface area contributed by atoms with Crippen molar-refractivity contribution in [2.45, 2.75) is 26.7 Å². The molecule has 0 unspecified atom stereocenters. The molecule has 0 amide bonds. The van der Waals surface area contributed by atoms with Gasteiger partial charge < -0.3 is 4.98 Å². The Morgan fingerprint density at radius 2 is 2.00 bits per heavy atom. The second-order valence-corrected chi connectivity index (χ2v) is 4.70. The summed E-state index contributed by atoms with van der Waals surface area (Å²) in [4.78, 5) is 6.40. The molecule has 2 aliphatic rings. The summed E-state index contributed by atoms with van der Waals surface area (Å²) in [6.45, 7) is 5.50. The van der Waals surface area contributed by atoms with Gasteiger partial charge in [0, 0.05) is 11.1 Å². The highest BCUT2D eigenvalue weighted by atomic mass is 32.1. The molecule has 0 radical (unpaired) electrons. The molecule has 0 spiro atoms. The van der Waals surface area contributed by atoms with E-state index in [2.05, 4.69) is 9.97 Å². The molecule has 0 aromatic carbocycles. The van der Waals surface area contributed by atoms with E-state index in [1.54, 1.807) is 6.07 Å². The molecule has 0 aromatic heterocycles. The number of nitrogens with one attached hydrogen (secondary N) is 1. The maximum atomic E-state index is 13.4. The first-order valence-electron chi connectivity index (χ1n) is 5.30. The van der Waals surface area contributed by atoms with Gasteiger partial charge in [0.2, 0.25) is 5.95 Å². The highest BCUT2D eigenvalue weighted by Gasteiger charge is 2.18. The number of aromatic nitrogens is 2. The Labute approximate surface area is 103 Å². The van der Waals surface area contributed by atoms with Crippen molar-refractivity contribution in [3.63, 3.8) is 0 Å². The molecule has 0 fully saturated rings. The molecule has 0 bridgehead atoms. The largest absolute Gasteiger partial charge is 0.314 e. The Morgan fingerprint density at radius 1 is 1.35 bits per heavy atom. The first-order valence-corrected chi connectivity index (χ1v) is 5.71. The van der Waals surface area contributed by atoms with Crippen molar-refractivity contribution in [1.82, 2.24) is 9.97 Å². The summed E-state index contributed by atoms with van der Waals surface area (Å²) in [5, 5.41) is 0. The van der Waals surface area contributed by atoms with Gasteiger partial charge in [-0.25, -0.2) is 9.37 Å². The molecule has 0 saturated heterocycles. The fourth-order valence-corrected chi connectivity index (χ4v) is 2.13. The lowest BCUT2D eigenvalue weighted by Crippen LogP contribution is -2.05. The number of halogens is 2. The standard InChI is InChI=1S/C12H12F2N2S/c1-5(2)7-4-8-6(3)9(13)10(14)15-11(8)16-12(7)17/h4-5H,1-3H3,(H,15,16,17). The summed E-state index contributed by atoms with van der Waals surface area (Å²) in [5.41, 5.74) is 1.69. The summed E-state index contributed by atoms with van der Waals surface area (Å²) >= 11 is 5.13. The van der Waals surface area contributed by atoms with Crippen LogP contribution in [0.1, 0.15) is 30.9 Å². The number of fused-ring (bicyclic) bond motifs is 1. The van der Waals surface area contributed by atoms with Gasteiger partial charge in [0.15, 0.2) is 5.82 Å². The van der Waals surface area contributed by atoms with Gasteiger partial charge in [-0.2, -0.15) is 4.39 Å². The van der Waals surface area contributed by atoms with Crippen LogP contribution in [0.2, 0.25) is 0 Å². The molecular weight excluding hydrogens is 242 g/mol. The van der Waals surface area contributed by atoms with E-state index < -0.39 is 11.8 Å². The Hall–Kier alpha value is -1.36. The van der Waals surface area contributed by atoms with Crippen molar-refractivity contribution in [2.24, 2.45) is 0 Å². The van der Waals surface area contributed by atoms with Crippen LogP contribution in [0.15, 0.2) is 6.07 Å². The number of aromatic amines is 1. The van der Waals surface area contributed by atoms with Crippen molar-refractivity contribution >= 4 is 12.2 Å². The predicted octanol–water partition coefficient (Wildman–Crippen LogP) is 3.95. The lowest BCUT2D eigenvalue weighted by Gasteiger charge is -2.13. The third-order valence-corrected chi connectivity index (χ3v) is 3.12. The molecular formula is C12H12F2N2S. The molecule has 2 heterocycles. The van der Waals surface area contributed by atoms with Crippen molar-refractivity contribution < 1.29 is 8.78 Å². The Kier molecular flexibility index (Phi) is 2.95. The first kappa shape index (κ1) is 12.1. The minimum atomic E-state index is -1.01. The summed E-state index contributed by atoms with van der Waals surface area (Å²) in [6, 6.07) is 1.78. The van der Waals surface area contributed by atoms with Crippen molar-refractivity contribution in [3.05, 3.63) is 33.6 Å². The molecule has 2 aliphatic heterocycles. The highest BCUT2D eigenvalue weighted by Crippen LogP contribution is 2.28. The van der Waals surface area contributed by atoms with E-state index in [0.717, 1.165) is 5.56 Å². The number of hydrogen-bond donors (Lipinski definition) is 1.